The molecule has 1 aromatic rings. The van der Waals surface area contributed by atoms with Gasteiger partial charge < -0.3 is 14.8 Å². The second-order valence-electron chi connectivity index (χ2n) is 5.90. The number of morpholine rings is 1. The Kier molecular flexibility index (Phi) is 4.58. The third kappa shape index (κ3) is 2.99. The molecular weight excluding hydrogens is 250 g/mol. The van der Waals surface area contributed by atoms with E-state index < -0.39 is 0 Å². The Bertz CT molecular complexity index is 435. The van der Waals surface area contributed by atoms with Crippen molar-refractivity contribution >= 4 is 0 Å². The van der Waals surface area contributed by atoms with Crippen LogP contribution in [0.4, 0.5) is 0 Å². The van der Waals surface area contributed by atoms with Crippen LogP contribution in [-0.4, -0.2) is 26.8 Å². The highest BCUT2D eigenvalue weighted by atomic mass is 16.5. The van der Waals surface area contributed by atoms with E-state index in [1.807, 2.05) is 0 Å². The van der Waals surface area contributed by atoms with Crippen LogP contribution in [-0.2, 0) is 4.74 Å². The summed E-state index contributed by atoms with van der Waals surface area (Å²) in [4.78, 5) is 0. The van der Waals surface area contributed by atoms with Crippen molar-refractivity contribution in [1.29, 1.82) is 0 Å². The number of benzene rings is 1. The summed E-state index contributed by atoms with van der Waals surface area (Å²) in [6, 6.07) is 6.60. The monoisotopic (exact) mass is 275 g/mol. The molecule has 1 atom stereocenters. The molecule has 1 aromatic carbocycles. The summed E-state index contributed by atoms with van der Waals surface area (Å²) < 4.78 is 11.5. The number of hydrogen-bond acceptors (Lipinski definition) is 3. The highest BCUT2D eigenvalue weighted by molar-refractivity contribution is 5.41. The van der Waals surface area contributed by atoms with E-state index in [0.717, 1.165) is 25.4 Å². The third-order valence-corrected chi connectivity index (χ3v) is 4.60. The Morgan fingerprint density at radius 3 is 2.75 bits per heavy atom. The van der Waals surface area contributed by atoms with Gasteiger partial charge in [-0.25, -0.2) is 0 Å². The van der Waals surface area contributed by atoms with Crippen LogP contribution in [0.5, 0.6) is 5.75 Å². The van der Waals surface area contributed by atoms with Crippen LogP contribution in [0.3, 0.4) is 0 Å². The van der Waals surface area contributed by atoms with Gasteiger partial charge in [0.05, 0.1) is 19.8 Å². The normalized spacial score (nSPS) is 24.6. The predicted molar refractivity (Wildman–Crippen MR) is 80.4 cm³/mol. The molecule has 0 bridgehead atoms. The largest absolute Gasteiger partial charge is 0.496 e. The molecule has 2 aliphatic rings. The molecule has 0 amide bonds. The Hall–Kier alpha value is -1.06. The summed E-state index contributed by atoms with van der Waals surface area (Å²) in [5, 5.41) is 3.40. The second kappa shape index (κ2) is 6.59. The van der Waals surface area contributed by atoms with Crippen LogP contribution >= 0.6 is 0 Å². The van der Waals surface area contributed by atoms with E-state index >= 15 is 0 Å². The molecule has 0 radical (unpaired) electrons. The Morgan fingerprint density at radius 2 is 2.05 bits per heavy atom. The fourth-order valence-electron chi connectivity index (χ4n) is 3.47. The lowest BCUT2D eigenvalue weighted by molar-refractivity contribution is 0.0276. The lowest BCUT2D eigenvalue weighted by Gasteiger charge is -2.27. The van der Waals surface area contributed by atoms with Crippen LogP contribution in [0.15, 0.2) is 18.2 Å². The maximum Gasteiger partial charge on any atom is 0.122 e. The molecule has 0 aromatic heterocycles. The van der Waals surface area contributed by atoms with Crippen LogP contribution in [0.25, 0.3) is 0 Å². The SMILES string of the molecule is COc1ccc(C2CNCCO2)cc1C1CCCCC1. The smallest absolute Gasteiger partial charge is 0.122 e. The topological polar surface area (TPSA) is 30.5 Å². The van der Waals surface area contributed by atoms with E-state index in [4.69, 9.17) is 9.47 Å². The molecule has 2 fully saturated rings. The quantitative estimate of drug-likeness (QED) is 0.917. The van der Waals surface area contributed by atoms with Gasteiger partial charge in [-0.05, 0) is 42.0 Å². The second-order valence-corrected chi connectivity index (χ2v) is 5.90. The molecule has 0 spiro atoms. The predicted octanol–water partition coefficient (Wildman–Crippen LogP) is 3.40. The molecule has 110 valence electrons. The van der Waals surface area contributed by atoms with E-state index in [2.05, 4.69) is 23.5 Å². The minimum absolute atomic E-state index is 0.192. The van der Waals surface area contributed by atoms with E-state index in [9.17, 15) is 0 Å². The van der Waals surface area contributed by atoms with E-state index in [1.54, 1.807) is 7.11 Å². The van der Waals surface area contributed by atoms with Crippen molar-refractivity contribution < 1.29 is 9.47 Å². The first-order valence-corrected chi connectivity index (χ1v) is 7.88. The van der Waals surface area contributed by atoms with Gasteiger partial charge in [-0.15, -0.1) is 0 Å². The van der Waals surface area contributed by atoms with Gasteiger partial charge >= 0.3 is 0 Å². The van der Waals surface area contributed by atoms with Crippen LogP contribution < -0.4 is 10.1 Å². The molecule has 3 nitrogen and oxygen atoms in total. The van der Waals surface area contributed by atoms with Crippen molar-refractivity contribution in [3.8, 4) is 5.75 Å². The summed E-state index contributed by atoms with van der Waals surface area (Å²) >= 11 is 0. The minimum atomic E-state index is 0.192. The number of methoxy groups -OCH3 is 1. The number of hydrogen-bond donors (Lipinski definition) is 1. The average Bonchev–Trinajstić information content (AvgIpc) is 2.56. The van der Waals surface area contributed by atoms with E-state index in [1.165, 1.54) is 43.2 Å². The molecule has 20 heavy (non-hydrogen) atoms. The zero-order chi connectivity index (χ0) is 13.8. The zero-order valence-corrected chi connectivity index (χ0v) is 12.4. The summed E-state index contributed by atoms with van der Waals surface area (Å²) in [5.74, 6) is 1.71. The van der Waals surface area contributed by atoms with Gasteiger partial charge in [0.1, 0.15) is 5.75 Å². The molecule has 1 saturated heterocycles. The average molecular weight is 275 g/mol. The van der Waals surface area contributed by atoms with Crippen molar-refractivity contribution in [2.75, 3.05) is 26.8 Å². The third-order valence-electron chi connectivity index (χ3n) is 4.60. The first-order chi connectivity index (χ1) is 9.88. The number of nitrogens with one attached hydrogen (secondary N) is 1. The summed E-state index contributed by atoms with van der Waals surface area (Å²) in [6.45, 7) is 2.67. The fraction of sp³-hybridized carbons (Fsp3) is 0.647. The fourth-order valence-corrected chi connectivity index (χ4v) is 3.47. The highest BCUT2D eigenvalue weighted by Crippen LogP contribution is 2.39. The molecular formula is C17H25NO2. The van der Waals surface area contributed by atoms with Gasteiger partial charge in [-0.2, -0.15) is 0 Å². The first kappa shape index (κ1) is 13.9. The van der Waals surface area contributed by atoms with Crippen LogP contribution in [0.1, 0.15) is 55.3 Å². The van der Waals surface area contributed by atoms with Crippen molar-refractivity contribution in [3.05, 3.63) is 29.3 Å². The summed E-state index contributed by atoms with van der Waals surface area (Å²) in [6.07, 6.45) is 6.86. The molecule has 1 heterocycles. The van der Waals surface area contributed by atoms with Crippen molar-refractivity contribution in [1.82, 2.24) is 5.32 Å². The first-order valence-electron chi connectivity index (χ1n) is 7.88. The van der Waals surface area contributed by atoms with Gasteiger partial charge in [0.2, 0.25) is 0 Å². The van der Waals surface area contributed by atoms with Crippen LogP contribution in [0.2, 0.25) is 0 Å². The van der Waals surface area contributed by atoms with Crippen LogP contribution in [0, 0.1) is 0 Å². The maximum atomic E-state index is 5.88. The lowest BCUT2D eigenvalue weighted by Crippen LogP contribution is -2.33. The molecule has 1 aliphatic heterocycles. The van der Waals surface area contributed by atoms with Gasteiger partial charge in [-0.1, -0.05) is 25.3 Å². The number of rotatable bonds is 3. The van der Waals surface area contributed by atoms with Crippen molar-refractivity contribution in [2.45, 2.75) is 44.1 Å². The summed E-state index contributed by atoms with van der Waals surface area (Å²) in [5.41, 5.74) is 2.68. The number of ether oxygens (including phenoxy) is 2. The van der Waals surface area contributed by atoms with Gasteiger partial charge in [0, 0.05) is 13.1 Å². The molecule has 1 N–H and O–H groups in total. The standard InChI is InChI=1S/C17H25NO2/c1-19-16-8-7-14(17-12-18-9-10-20-17)11-15(16)13-5-3-2-4-6-13/h7-8,11,13,17-18H,2-6,9-10,12H2,1H3. The highest BCUT2D eigenvalue weighted by Gasteiger charge is 2.22. The Morgan fingerprint density at radius 1 is 1.20 bits per heavy atom. The minimum Gasteiger partial charge on any atom is -0.496 e. The summed E-state index contributed by atoms with van der Waals surface area (Å²) in [7, 11) is 1.78. The van der Waals surface area contributed by atoms with Gasteiger partial charge in [0.25, 0.3) is 0 Å². The Balaban J connectivity index is 1.85. The van der Waals surface area contributed by atoms with Gasteiger partial charge in [-0.3, -0.25) is 0 Å². The lowest BCUT2D eigenvalue weighted by atomic mass is 9.83. The van der Waals surface area contributed by atoms with E-state index in [-0.39, 0.29) is 6.10 Å². The maximum absolute atomic E-state index is 5.88. The Labute approximate surface area is 121 Å². The molecule has 3 rings (SSSR count). The molecule has 1 saturated carbocycles. The molecule has 1 unspecified atom stereocenters. The molecule has 1 aliphatic carbocycles. The molecule has 3 heteroatoms. The van der Waals surface area contributed by atoms with Gasteiger partial charge in [0.15, 0.2) is 0 Å². The zero-order valence-electron chi connectivity index (χ0n) is 12.4. The van der Waals surface area contributed by atoms with E-state index in [0.29, 0.717) is 5.92 Å². The van der Waals surface area contributed by atoms with Crippen molar-refractivity contribution in [2.24, 2.45) is 0 Å². The van der Waals surface area contributed by atoms with Crippen molar-refractivity contribution in [3.63, 3.8) is 0 Å².